The maximum Gasteiger partial charge on any atom is 0.0983 e. The van der Waals surface area contributed by atoms with Crippen molar-refractivity contribution in [3.8, 4) is 0 Å². The quantitative estimate of drug-likeness (QED) is 0.738. The summed E-state index contributed by atoms with van der Waals surface area (Å²) in [6.07, 6.45) is -0.0359. The molecule has 1 N–H and O–H groups in total. The number of likely N-dealkylation sites (N-methyl/N-ethyl adjacent to an activating group) is 1. The first-order chi connectivity index (χ1) is 6.54. The highest BCUT2D eigenvalue weighted by Gasteiger charge is 2.31. The molecule has 1 heterocycles. The van der Waals surface area contributed by atoms with Crippen LogP contribution in [-0.4, -0.2) is 48.0 Å². The van der Waals surface area contributed by atoms with Gasteiger partial charge in [-0.05, 0) is 20.4 Å². The molecule has 0 aromatic carbocycles. The summed E-state index contributed by atoms with van der Waals surface area (Å²) in [6, 6.07) is 0. The minimum absolute atomic E-state index is 0.0359. The Morgan fingerprint density at radius 1 is 1.43 bits per heavy atom. The lowest BCUT2D eigenvalue weighted by Crippen LogP contribution is -2.51. The van der Waals surface area contributed by atoms with E-state index in [0.717, 1.165) is 26.2 Å². The van der Waals surface area contributed by atoms with Gasteiger partial charge < -0.3 is 9.84 Å². The van der Waals surface area contributed by atoms with Crippen molar-refractivity contribution >= 4 is 0 Å². The van der Waals surface area contributed by atoms with Crippen LogP contribution in [0.1, 0.15) is 34.6 Å². The summed E-state index contributed by atoms with van der Waals surface area (Å²) < 4.78 is 5.48. The molecule has 0 aliphatic carbocycles. The Labute approximate surface area is 88.1 Å². The highest BCUT2D eigenvalue weighted by atomic mass is 16.5. The average molecular weight is 203 g/mol. The normalized spacial score (nSPS) is 24.0. The fourth-order valence-corrected chi connectivity index (χ4v) is 1.42. The molecule has 1 saturated heterocycles. The van der Waals surface area contributed by atoms with E-state index < -0.39 is 5.60 Å². The van der Waals surface area contributed by atoms with E-state index >= 15 is 0 Å². The molecule has 1 rings (SSSR count). The minimum Gasteiger partial charge on any atom is -0.388 e. The van der Waals surface area contributed by atoms with E-state index in [2.05, 4.69) is 11.8 Å². The summed E-state index contributed by atoms with van der Waals surface area (Å²) >= 11 is 0. The van der Waals surface area contributed by atoms with Gasteiger partial charge >= 0.3 is 0 Å². The van der Waals surface area contributed by atoms with E-state index in [0.29, 0.717) is 0 Å². The molecule has 1 aliphatic heterocycles. The van der Waals surface area contributed by atoms with Crippen LogP contribution in [0.5, 0.6) is 0 Å². The zero-order valence-corrected chi connectivity index (χ0v) is 10.2. The van der Waals surface area contributed by atoms with Gasteiger partial charge in [-0.15, -0.1) is 0 Å². The van der Waals surface area contributed by atoms with Gasteiger partial charge in [-0.1, -0.05) is 20.8 Å². The summed E-state index contributed by atoms with van der Waals surface area (Å²) in [7, 11) is 0. The fourth-order valence-electron chi connectivity index (χ4n) is 1.42. The number of nitrogens with zero attached hydrogens (tertiary/aromatic N) is 1. The van der Waals surface area contributed by atoms with Crippen LogP contribution in [0.4, 0.5) is 0 Å². The van der Waals surface area contributed by atoms with Gasteiger partial charge in [-0.2, -0.15) is 0 Å². The van der Waals surface area contributed by atoms with Crippen LogP contribution in [0.3, 0.4) is 0 Å². The van der Waals surface area contributed by atoms with Crippen molar-refractivity contribution in [1.82, 2.24) is 4.90 Å². The molecule has 3 nitrogen and oxygen atoms in total. The second-order valence-electron chi connectivity index (χ2n) is 3.91. The molecule has 0 bridgehead atoms. The van der Waals surface area contributed by atoms with Crippen LogP contribution >= 0.6 is 0 Å². The first-order valence-corrected chi connectivity index (χ1v) is 5.60. The molecule has 1 unspecified atom stereocenters. The molecule has 1 aliphatic rings. The van der Waals surface area contributed by atoms with Gasteiger partial charge in [0.25, 0.3) is 0 Å². The first kappa shape index (κ1) is 13.9. The number of aliphatic hydroxyl groups is 1. The van der Waals surface area contributed by atoms with Crippen molar-refractivity contribution in [3.63, 3.8) is 0 Å². The predicted molar refractivity (Wildman–Crippen MR) is 59.5 cm³/mol. The standard InChI is InChI=1S/C9H19NO2.C2H6/c1-4-10-5-6-12-8(7-10)9(2,3)11;1-2/h8,11H,4-7H2,1-3H3;1-2H3. The Bertz CT molecular complexity index is 143. The summed E-state index contributed by atoms with van der Waals surface area (Å²) in [4.78, 5) is 2.30. The molecular formula is C11H25NO2. The number of rotatable bonds is 2. The van der Waals surface area contributed by atoms with Gasteiger partial charge in [-0.3, -0.25) is 4.90 Å². The monoisotopic (exact) mass is 203 g/mol. The second-order valence-corrected chi connectivity index (χ2v) is 3.91. The van der Waals surface area contributed by atoms with Crippen molar-refractivity contribution in [3.05, 3.63) is 0 Å². The maximum atomic E-state index is 9.70. The van der Waals surface area contributed by atoms with E-state index in [4.69, 9.17) is 4.74 Å². The third-order valence-electron chi connectivity index (χ3n) is 2.39. The van der Waals surface area contributed by atoms with Gasteiger partial charge in [0.05, 0.1) is 18.3 Å². The molecule has 0 spiro atoms. The van der Waals surface area contributed by atoms with E-state index in [1.54, 1.807) is 13.8 Å². The SMILES string of the molecule is CC.CCN1CCOC(C(C)(C)O)C1. The number of hydrogen-bond donors (Lipinski definition) is 1. The highest BCUT2D eigenvalue weighted by Crippen LogP contribution is 2.16. The van der Waals surface area contributed by atoms with Crippen LogP contribution < -0.4 is 0 Å². The average Bonchev–Trinajstić information content (AvgIpc) is 2.20. The maximum absolute atomic E-state index is 9.70. The molecule has 14 heavy (non-hydrogen) atoms. The van der Waals surface area contributed by atoms with Crippen molar-refractivity contribution in [2.45, 2.75) is 46.3 Å². The molecule has 3 heteroatoms. The molecule has 0 amide bonds. The lowest BCUT2D eigenvalue weighted by Gasteiger charge is -2.38. The van der Waals surface area contributed by atoms with Gasteiger partial charge in [-0.25, -0.2) is 0 Å². The van der Waals surface area contributed by atoms with Gasteiger partial charge in [0.1, 0.15) is 0 Å². The molecule has 0 aromatic rings. The van der Waals surface area contributed by atoms with Crippen molar-refractivity contribution < 1.29 is 9.84 Å². The van der Waals surface area contributed by atoms with Gasteiger partial charge in [0, 0.05) is 13.1 Å². The zero-order chi connectivity index (χ0) is 11.2. The molecule has 1 fully saturated rings. The lowest BCUT2D eigenvalue weighted by molar-refractivity contribution is -0.126. The van der Waals surface area contributed by atoms with E-state index in [1.165, 1.54) is 0 Å². The third-order valence-corrected chi connectivity index (χ3v) is 2.39. The Morgan fingerprint density at radius 2 is 2.00 bits per heavy atom. The third kappa shape index (κ3) is 4.40. The predicted octanol–water partition coefficient (Wildman–Crippen LogP) is 1.50. The van der Waals surface area contributed by atoms with Crippen molar-refractivity contribution in [1.29, 1.82) is 0 Å². The minimum atomic E-state index is -0.714. The fraction of sp³-hybridized carbons (Fsp3) is 1.00. The lowest BCUT2D eigenvalue weighted by atomic mass is 10.0. The van der Waals surface area contributed by atoms with Crippen LogP contribution in [-0.2, 0) is 4.74 Å². The van der Waals surface area contributed by atoms with E-state index in [9.17, 15) is 5.11 Å². The van der Waals surface area contributed by atoms with Crippen LogP contribution in [0.2, 0.25) is 0 Å². The number of hydrogen-bond acceptors (Lipinski definition) is 3. The van der Waals surface area contributed by atoms with Crippen LogP contribution in [0.25, 0.3) is 0 Å². The summed E-state index contributed by atoms with van der Waals surface area (Å²) in [5.74, 6) is 0. The number of morpholine rings is 1. The zero-order valence-electron chi connectivity index (χ0n) is 10.2. The van der Waals surface area contributed by atoms with Crippen molar-refractivity contribution in [2.75, 3.05) is 26.2 Å². The summed E-state index contributed by atoms with van der Waals surface area (Å²) in [6.45, 7) is 13.3. The van der Waals surface area contributed by atoms with Crippen molar-refractivity contribution in [2.24, 2.45) is 0 Å². The largest absolute Gasteiger partial charge is 0.388 e. The summed E-state index contributed by atoms with van der Waals surface area (Å²) in [5, 5.41) is 9.70. The Kier molecular flexibility index (Phi) is 6.33. The van der Waals surface area contributed by atoms with Gasteiger partial charge in [0.2, 0.25) is 0 Å². The smallest absolute Gasteiger partial charge is 0.0983 e. The second kappa shape index (κ2) is 6.38. The number of ether oxygens (including phenoxy) is 1. The highest BCUT2D eigenvalue weighted by molar-refractivity contribution is 4.83. The van der Waals surface area contributed by atoms with Gasteiger partial charge in [0.15, 0.2) is 0 Å². The van der Waals surface area contributed by atoms with E-state index in [-0.39, 0.29) is 6.10 Å². The molecule has 86 valence electrons. The van der Waals surface area contributed by atoms with E-state index in [1.807, 2.05) is 13.8 Å². The molecule has 0 radical (unpaired) electrons. The first-order valence-electron chi connectivity index (χ1n) is 5.60. The molecule has 0 saturated carbocycles. The Morgan fingerprint density at radius 3 is 2.43 bits per heavy atom. The van der Waals surface area contributed by atoms with Crippen LogP contribution in [0, 0.1) is 0 Å². The molecule has 0 aromatic heterocycles. The van der Waals surface area contributed by atoms with Crippen LogP contribution in [0.15, 0.2) is 0 Å². The Hall–Kier alpha value is -0.120. The summed E-state index contributed by atoms with van der Waals surface area (Å²) in [5.41, 5.74) is -0.714. The Balaban J connectivity index is 0.000000791. The molecule has 1 atom stereocenters. The topological polar surface area (TPSA) is 32.7 Å². The molecular weight excluding hydrogens is 178 g/mol.